The zero-order valence-corrected chi connectivity index (χ0v) is 11.9. The van der Waals surface area contributed by atoms with Crippen LogP contribution in [0.5, 0.6) is 5.75 Å². The molecule has 0 amide bonds. The molecule has 1 aliphatic rings. The molecule has 1 heterocycles. The molecule has 0 aromatic heterocycles. The molecule has 0 bridgehead atoms. The molecule has 1 aromatic rings. The molecule has 0 saturated carbocycles. The van der Waals surface area contributed by atoms with Gasteiger partial charge in [0.2, 0.25) is 0 Å². The first-order valence-electron chi connectivity index (χ1n) is 6.92. The van der Waals surface area contributed by atoms with Crippen LogP contribution in [0.25, 0.3) is 0 Å². The zero-order chi connectivity index (χ0) is 13.8. The number of rotatable bonds is 4. The van der Waals surface area contributed by atoms with Crippen molar-refractivity contribution in [2.75, 3.05) is 31.6 Å². The highest BCUT2D eigenvalue weighted by atomic mass is 19.1. The summed E-state index contributed by atoms with van der Waals surface area (Å²) in [5, 5.41) is 3.53. The highest BCUT2D eigenvalue weighted by molar-refractivity contribution is 5.50. The maximum absolute atomic E-state index is 13.7. The van der Waals surface area contributed by atoms with Crippen LogP contribution in [0.2, 0.25) is 0 Å². The first-order valence-corrected chi connectivity index (χ1v) is 6.92. The Balaban J connectivity index is 2.06. The smallest absolute Gasteiger partial charge is 0.167 e. The fourth-order valence-electron chi connectivity index (χ4n) is 2.64. The van der Waals surface area contributed by atoms with E-state index in [0.29, 0.717) is 17.7 Å². The van der Waals surface area contributed by atoms with Crippen LogP contribution >= 0.6 is 0 Å². The molecule has 1 N–H and O–H groups in total. The van der Waals surface area contributed by atoms with E-state index in [1.807, 2.05) is 6.07 Å². The van der Waals surface area contributed by atoms with Gasteiger partial charge in [-0.25, -0.2) is 4.39 Å². The minimum absolute atomic E-state index is 0.293. The number of ether oxygens (including phenoxy) is 1. The Bertz CT molecular complexity index is 423. The third kappa shape index (κ3) is 3.60. The van der Waals surface area contributed by atoms with Gasteiger partial charge in [0.1, 0.15) is 0 Å². The van der Waals surface area contributed by atoms with Crippen LogP contribution in [0.15, 0.2) is 18.2 Å². The van der Waals surface area contributed by atoms with Gasteiger partial charge in [-0.05, 0) is 24.5 Å². The van der Waals surface area contributed by atoms with Crippen molar-refractivity contribution in [3.8, 4) is 5.75 Å². The molecule has 2 rings (SSSR count). The van der Waals surface area contributed by atoms with Gasteiger partial charge >= 0.3 is 0 Å². The molecule has 0 aliphatic carbocycles. The lowest BCUT2D eigenvalue weighted by Gasteiger charge is -2.36. The number of anilines is 1. The summed E-state index contributed by atoms with van der Waals surface area (Å²) < 4.78 is 18.7. The molecule has 0 spiro atoms. The molecule has 1 aliphatic heterocycles. The van der Waals surface area contributed by atoms with Gasteiger partial charge in [0.25, 0.3) is 0 Å². The number of nitrogens with one attached hydrogen (secondary N) is 1. The molecule has 1 fully saturated rings. The number of piperazine rings is 1. The zero-order valence-electron chi connectivity index (χ0n) is 11.9. The van der Waals surface area contributed by atoms with Crippen LogP contribution in [0, 0.1) is 11.7 Å². The lowest BCUT2D eigenvalue weighted by Crippen LogP contribution is -2.51. The lowest BCUT2D eigenvalue weighted by molar-refractivity contribution is 0.382. The van der Waals surface area contributed by atoms with Crippen molar-refractivity contribution < 1.29 is 9.13 Å². The fraction of sp³-hybridized carbons (Fsp3) is 0.600. The number of hydrogen-bond donors (Lipinski definition) is 1. The molecule has 1 aromatic carbocycles. The molecule has 1 atom stereocenters. The molecule has 4 heteroatoms. The highest BCUT2D eigenvalue weighted by Gasteiger charge is 2.21. The predicted octanol–water partition coefficient (Wildman–Crippen LogP) is 2.66. The minimum Gasteiger partial charge on any atom is -0.494 e. The maximum Gasteiger partial charge on any atom is 0.167 e. The van der Waals surface area contributed by atoms with Crippen molar-refractivity contribution in [1.82, 2.24) is 5.32 Å². The third-order valence-corrected chi connectivity index (χ3v) is 3.51. The van der Waals surface area contributed by atoms with Crippen LogP contribution in [0.4, 0.5) is 10.1 Å². The van der Waals surface area contributed by atoms with Gasteiger partial charge in [0.15, 0.2) is 11.6 Å². The monoisotopic (exact) mass is 266 g/mol. The van der Waals surface area contributed by atoms with Crippen molar-refractivity contribution in [1.29, 1.82) is 0 Å². The highest BCUT2D eigenvalue weighted by Crippen LogP contribution is 2.24. The van der Waals surface area contributed by atoms with Crippen LogP contribution < -0.4 is 15.0 Å². The summed E-state index contributed by atoms with van der Waals surface area (Å²) in [6.45, 7) is 7.26. The number of hydrogen-bond acceptors (Lipinski definition) is 3. The minimum atomic E-state index is -0.293. The van der Waals surface area contributed by atoms with Gasteiger partial charge < -0.3 is 15.0 Å². The van der Waals surface area contributed by atoms with Crippen molar-refractivity contribution in [2.45, 2.75) is 26.3 Å². The Labute approximate surface area is 114 Å². The summed E-state index contributed by atoms with van der Waals surface area (Å²) in [7, 11) is 1.49. The number of methoxy groups -OCH3 is 1. The number of benzene rings is 1. The number of nitrogens with zero attached hydrogens (tertiary/aromatic N) is 1. The van der Waals surface area contributed by atoms with Gasteiger partial charge in [-0.3, -0.25) is 0 Å². The molecule has 19 heavy (non-hydrogen) atoms. The second-order valence-corrected chi connectivity index (χ2v) is 5.55. The van der Waals surface area contributed by atoms with Gasteiger partial charge in [0, 0.05) is 37.4 Å². The Morgan fingerprint density at radius 3 is 2.89 bits per heavy atom. The van der Waals surface area contributed by atoms with Gasteiger partial charge in [-0.1, -0.05) is 13.8 Å². The molecular formula is C15H23FN2O. The average Bonchev–Trinajstić information content (AvgIpc) is 2.38. The van der Waals surface area contributed by atoms with E-state index in [9.17, 15) is 4.39 Å². The molecule has 106 valence electrons. The second kappa shape index (κ2) is 6.24. The summed E-state index contributed by atoms with van der Waals surface area (Å²) >= 11 is 0. The number of halogens is 1. The van der Waals surface area contributed by atoms with Crippen LogP contribution in [0.1, 0.15) is 20.3 Å². The van der Waals surface area contributed by atoms with E-state index in [4.69, 9.17) is 4.74 Å². The Morgan fingerprint density at radius 1 is 1.47 bits per heavy atom. The van der Waals surface area contributed by atoms with Gasteiger partial charge in [-0.15, -0.1) is 0 Å². The second-order valence-electron chi connectivity index (χ2n) is 5.55. The molecule has 3 nitrogen and oxygen atoms in total. The largest absolute Gasteiger partial charge is 0.494 e. The summed E-state index contributed by atoms with van der Waals surface area (Å²) in [6, 6.07) is 5.68. The van der Waals surface area contributed by atoms with E-state index >= 15 is 0 Å². The van der Waals surface area contributed by atoms with E-state index in [0.717, 1.165) is 31.7 Å². The Kier molecular flexibility index (Phi) is 4.64. The van der Waals surface area contributed by atoms with Crippen LogP contribution in [-0.4, -0.2) is 32.8 Å². The Hall–Kier alpha value is -1.29. The summed E-state index contributed by atoms with van der Waals surface area (Å²) in [4.78, 5) is 2.24. The summed E-state index contributed by atoms with van der Waals surface area (Å²) in [5.74, 6) is 0.682. The quantitative estimate of drug-likeness (QED) is 0.906. The topological polar surface area (TPSA) is 24.5 Å². The third-order valence-electron chi connectivity index (χ3n) is 3.51. The molecular weight excluding hydrogens is 243 g/mol. The van der Waals surface area contributed by atoms with E-state index < -0.39 is 0 Å². The predicted molar refractivity (Wildman–Crippen MR) is 76.4 cm³/mol. The van der Waals surface area contributed by atoms with E-state index in [-0.39, 0.29) is 5.82 Å². The maximum atomic E-state index is 13.7. The first kappa shape index (κ1) is 14.1. The molecule has 1 unspecified atom stereocenters. The van der Waals surface area contributed by atoms with Crippen LogP contribution in [-0.2, 0) is 0 Å². The fourth-order valence-corrected chi connectivity index (χ4v) is 2.64. The van der Waals surface area contributed by atoms with Crippen molar-refractivity contribution in [3.05, 3.63) is 24.0 Å². The summed E-state index contributed by atoms with van der Waals surface area (Å²) in [5.41, 5.74) is 0.938. The lowest BCUT2D eigenvalue weighted by atomic mass is 10.0. The molecule has 0 radical (unpaired) electrons. The normalized spacial score (nSPS) is 19.8. The van der Waals surface area contributed by atoms with E-state index in [2.05, 4.69) is 24.1 Å². The van der Waals surface area contributed by atoms with Crippen LogP contribution in [0.3, 0.4) is 0 Å². The van der Waals surface area contributed by atoms with Gasteiger partial charge in [-0.2, -0.15) is 0 Å². The standard InChI is InChI=1S/C15H23FN2O/c1-11(2)8-12-10-18(7-6-17-12)13-4-5-15(19-3)14(16)9-13/h4-5,9,11-12,17H,6-8,10H2,1-3H3. The average molecular weight is 266 g/mol. The SMILES string of the molecule is COc1ccc(N2CCNC(CC(C)C)C2)cc1F. The Morgan fingerprint density at radius 2 is 2.26 bits per heavy atom. The van der Waals surface area contributed by atoms with E-state index in [1.165, 1.54) is 7.11 Å². The van der Waals surface area contributed by atoms with Gasteiger partial charge in [0.05, 0.1) is 7.11 Å². The molecule has 1 saturated heterocycles. The van der Waals surface area contributed by atoms with Crippen molar-refractivity contribution in [3.63, 3.8) is 0 Å². The summed E-state index contributed by atoms with van der Waals surface area (Å²) in [6.07, 6.45) is 1.15. The van der Waals surface area contributed by atoms with Crippen molar-refractivity contribution in [2.24, 2.45) is 5.92 Å². The first-order chi connectivity index (χ1) is 9.10. The van der Waals surface area contributed by atoms with E-state index in [1.54, 1.807) is 12.1 Å². The van der Waals surface area contributed by atoms with Crippen molar-refractivity contribution >= 4 is 5.69 Å².